The number of benzene rings is 1. The number of amides is 1. The normalized spacial score (nSPS) is 17.0. The Bertz CT molecular complexity index is 712. The van der Waals surface area contributed by atoms with Crippen LogP contribution in [0.5, 0.6) is 11.5 Å². The Morgan fingerprint density at radius 3 is 2.79 bits per heavy atom. The number of ether oxygens (including phenoxy) is 3. The molecule has 0 radical (unpaired) electrons. The van der Waals surface area contributed by atoms with E-state index in [1.807, 2.05) is 6.07 Å². The summed E-state index contributed by atoms with van der Waals surface area (Å²) in [7, 11) is 0. The number of hydrogen-bond acceptors (Lipinski definition) is 6. The number of nitrogens with one attached hydrogen (secondary N) is 1. The van der Waals surface area contributed by atoms with E-state index in [0.717, 1.165) is 0 Å². The molecule has 1 amide bonds. The Hall–Kier alpha value is -2.96. The van der Waals surface area contributed by atoms with Crippen molar-refractivity contribution in [2.24, 2.45) is 0 Å². The molecule has 0 unspecified atom stereocenters. The topological polar surface area (TPSA) is 87.0 Å². The average Bonchev–Trinajstić information content (AvgIpc) is 3.12. The highest BCUT2D eigenvalue weighted by molar-refractivity contribution is 5.84. The second kappa shape index (κ2) is 7.08. The van der Waals surface area contributed by atoms with E-state index in [4.69, 9.17) is 18.6 Å². The van der Waals surface area contributed by atoms with Gasteiger partial charge in [-0.15, -0.1) is 0 Å². The van der Waals surface area contributed by atoms with E-state index in [2.05, 4.69) is 5.32 Å². The minimum absolute atomic E-state index is 0.0383. The van der Waals surface area contributed by atoms with Crippen molar-refractivity contribution in [3.8, 4) is 11.5 Å². The molecule has 0 spiro atoms. The zero-order chi connectivity index (χ0) is 16.9. The fraction of sp³-hybridized carbons (Fsp3) is 0.294. The minimum atomic E-state index is -0.951. The Balaban J connectivity index is 1.50. The summed E-state index contributed by atoms with van der Waals surface area (Å²) in [5.41, 5.74) is 0. The highest BCUT2D eigenvalue weighted by Gasteiger charge is 2.31. The van der Waals surface area contributed by atoms with Gasteiger partial charge in [0.05, 0.1) is 12.8 Å². The highest BCUT2D eigenvalue weighted by Crippen LogP contribution is 2.31. The fourth-order valence-electron chi connectivity index (χ4n) is 2.17. The molecular weight excluding hydrogens is 314 g/mol. The number of para-hydroxylation sites is 2. The molecule has 7 nitrogen and oxygen atoms in total. The smallest absolute Gasteiger partial charge is 0.351 e. The third-order valence-electron chi connectivity index (χ3n) is 3.45. The predicted octanol–water partition coefficient (Wildman–Crippen LogP) is 1.67. The van der Waals surface area contributed by atoms with Crippen molar-refractivity contribution in [1.82, 2.24) is 5.32 Å². The Labute approximate surface area is 138 Å². The molecule has 2 heterocycles. The summed E-state index contributed by atoms with van der Waals surface area (Å²) in [6.07, 6.45) is -0.336. The van der Waals surface area contributed by atoms with Crippen LogP contribution in [0.2, 0.25) is 0 Å². The van der Waals surface area contributed by atoms with Crippen molar-refractivity contribution in [2.75, 3.05) is 6.61 Å². The highest BCUT2D eigenvalue weighted by atomic mass is 16.6. The van der Waals surface area contributed by atoms with Crippen LogP contribution in [0.1, 0.15) is 12.7 Å². The van der Waals surface area contributed by atoms with E-state index in [-0.39, 0.29) is 13.2 Å². The van der Waals surface area contributed by atoms with E-state index >= 15 is 0 Å². The number of fused-ring (bicyclic) bond motifs is 1. The van der Waals surface area contributed by atoms with Crippen molar-refractivity contribution < 1.29 is 28.2 Å². The van der Waals surface area contributed by atoms with Gasteiger partial charge in [-0.1, -0.05) is 12.1 Å². The first-order valence-electron chi connectivity index (χ1n) is 7.52. The lowest BCUT2D eigenvalue weighted by Crippen LogP contribution is -2.42. The molecule has 0 saturated carbocycles. The summed E-state index contributed by atoms with van der Waals surface area (Å²) < 4.78 is 21.3. The van der Waals surface area contributed by atoms with Crippen LogP contribution in [-0.4, -0.2) is 30.7 Å². The predicted molar refractivity (Wildman–Crippen MR) is 82.5 cm³/mol. The molecule has 0 saturated heterocycles. The largest absolute Gasteiger partial charge is 0.485 e. The molecular formula is C17H17NO6. The van der Waals surface area contributed by atoms with E-state index in [1.54, 1.807) is 30.3 Å². The Morgan fingerprint density at radius 1 is 1.25 bits per heavy atom. The number of rotatable bonds is 5. The van der Waals surface area contributed by atoms with Crippen molar-refractivity contribution in [1.29, 1.82) is 0 Å². The zero-order valence-electron chi connectivity index (χ0n) is 13.1. The number of esters is 1. The molecule has 0 aliphatic carbocycles. The average molecular weight is 331 g/mol. The van der Waals surface area contributed by atoms with E-state index in [9.17, 15) is 9.59 Å². The first-order chi connectivity index (χ1) is 11.6. The molecule has 24 heavy (non-hydrogen) atoms. The van der Waals surface area contributed by atoms with Gasteiger partial charge >= 0.3 is 5.97 Å². The number of carbonyl (C=O) groups excluding carboxylic acids is 2. The van der Waals surface area contributed by atoms with Crippen LogP contribution in [0.15, 0.2) is 47.1 Å². The summed E-state index contributed by atoms with van der Waals surface area (Å²) in [6.45, 7) is 1.76. The molecule has 7 heteroatoms. The number of carbonyl (C=O) groups is 2. The maximum absolute atomic E-state index is 12.1. The molecule has 1 aliphatic rings. The van der Waals surface area contributed by atoms with Crippen LogP contribution in [-0.2, 0) is 20.9 Å². The van der Waals surface area contributed by atoms with Crippen LogP contribution in [0.25, 0.3) is 0 Å². The molecule has 2 atom stereocenters. The summed E-state index contributed by atoms with van der Waals surface area (Å²) in [4.78, 5) is 24.1. The van der Waals surface area contributed by atoms with Gasteiger partial charge in [0.1, 0.15) is 12.4 Å². The van der Waals surface area contributed by atoms with Gasteiger partial charge in [0.15, 0.2) is 17.6 Å². The Morgan fingerprint density at radius 2 is 2.04 bits per heavy atom. The standard InChI is InChI=1S/C17H17NO6/c1-11(16(19)18-9-12-5-4-8-21-12)23-17(20)15-10-22-13-6-2-3-7-14(13)24-15/h2-8,11,15H,9-10H2,1H3,(H,18,19)/t11-,15-/m0/s1. The van der Waals surface area contributed by atoms with Gasteiger partial charge < -0.3 is 23.9 Å². The third kappa shape index (κ3) is 3.68. The van der Waals surface area contributed by atoms with Crippen LogP contribution in [0, 0.1) is 0 Å². The summed E-state index contributed by atoms with van der Waals surface area (Å²) >= 11 is 0. The lowest BCUT2D eigenvalue weighted by atomic mass is 10.2. The SMILES string of the molecule is C[C@H](OC(=O)[C@@H]1COc2ccccc2O1)C(=O)NCc1ccco1. The summed E-state index contributed by atoms with van der Waals surface area (Å²) in [6, 6.07) is 10.5. The van der Waals surface area contributed by atoms with Crippen molar-refractivity contribution >= 4 is 11.9 Å². The summed E-state index contributed by atoms with van der Waals surface area (Å²) in [5, 5.41) is 2.63. The maximum Gasteiger partial charge on any atom is 0.351 e. The van der Waals surface area contributed by atoms with E-state index < -0.39 is 24.1 Å². The monoisotopic (exact) mass is 331 g/mol. The lowest BCUT2D eigenvalue weighted by Gasteiger charge is -2.25. The second-order valence-corrected chi connectivity index (χ2v) is 5.24. The summed E-state index contributed by atoms with van der Waals surface area (Å²) in [5.74, 6) is 0.593. The number of furan rings is 1. The minimum Gasteiger partial charge on any atom is -0.485 e. The Kier molecular flexibility index (Phi) is 4.69. The van der Waals surface area contributed by atoms with Crippen molar-refractivity contribution in [3.63, 3.8) is 0 Å². The first kappa shape index (κ1) is 15.9. The molecule has 0 fully saturated rings. The quantitative estimate of drug-likeness (QED) is 0.839. The van der Waals surface area contributed by atoms with Gasteiger partial charge in [0, 0.05) is 0 Å². The lowest BCUT2D eigenvalue weighted by molar-refractivity contribution is -0.163. The van der Waals surface area contributed by atoms with Gasteiger partial charge in [0.2, 0.25) is 6.10 Å². The van der Waals surface area contributed by atoms with Gasteiger partial charge in [-0.2, -0.15) is 0 Å². The van der Waals surface area contributed by atoms with Crippen LogP contribution < -0.4 is 14.8 Å². The van der Waals surface area contributed by atoms with Gasteiger partial charge in [0.25, 0.3) is 5.91 Å². The second-order valence-electron chi connectivity index (χ2n) is 5.24. The maximum atomic E-state index is 12.1. The van der Waals surface area contributed by atoms with Gasteiger partial charge in [-0.25, -0.2) is 4.79 Å². The molecule has 0 bridgehead atoms. The molecule has 1 aromatic heterocycles. The van der Waals surface area contributed by atoms with Crippen LogP contribution >= 0.6 is 0 Å². The van der Waals surface area contributed by atoms with Crippen molar-refractivity contribution in [2.45, 2.75) is 25.7 Å². The van der Waals surface area contributed by atoms with E-state index in [1.165, 1.54) is 13.2 Å². The first-order valence-corrected chi connectivity index (χ1v) is 7.52. The molecule has 1 aromatic carbocycles. The third-order valence-corrected chi connectivity index (χ3v) is 3.45. The molecule has 2 aromatic rings. The fourth-order valence-corrected chi connectivity index (χ4v) is 2.17. The number of hydrogen-bond donors (Lipinski definition) is 1. The zero-order valence-corrected chi connectivity index (χ0v) is 13.1. The molecule has 1 N–H and O–H groups in total. The van der Waals surface area contributed by atoms with Crippen LogP contribution in [0.4, 0.5) is 0 Å². The molecule has 126 valence electrons. The molecule has 3 rings (SSSR count). The van der Waals surface area contributed by atoms with E-state index in [0.29, 0.717) is 17.3 Å². The van der Waals surface area contributed by atoms with Crippen LogP contribution in [0.3, 0.4) is 0 Å². The van der Waals surface area contributed by atoms with Gasteiger partial charge in [-0.3, -0.25) is 4.79 Å². The molecule has 1 aliphatic heterocycles. The van der Waals surface area contributed by atoms with Gasteiger partial charge in [-0.05, 0) is 31.2 Å². The van der Waals surface area contributed by atoms with Crippen molar-refractivity contribution in [3.05, 3.63) is 48.4 Å².